The number of carbonyl (C=O) groups excluding carboxylic acids is 3. The molecule has 3 amide bonds. The van der Waals surface area contributed by atoms with E-state index in [9.17, 15) is 14.4 Å². The van der Waals surface area contributed by atoms with Crippen LogP contribution < -0.4 is 16.0 Å². The summed E-state index contributed by atoms with van der Waals surface area (Å²) in [4.78, 5) is 34.6. The first-order chi connectivity index (χ1) is 10.6. The molecule has 0 aromatic heterocycles. The maximum absolute atomic E-state index is 12.0. The summed E-state index contributed by atoms with van der Waals surface area (Å²) in [7, 11) is 0. The maximum Gasteiger partial charge on any atom is 0.408 e. The van der Waals surface area contributed by atoms with Crippen LogP contribution in [0.15, 0.2) is 24.3 Å². The summed E-state index contributed by atoms with van der Waals surface area (Å²) in [6, 6.07) is 5.90. The van der Waals surface area contributed by atoms with Crippen LogP contribution in [0.4, 0.5) is 16.2 Å². The number of amides is 3. The Morgan fingerprint density at radius 1 is 1.00 bits per heavy atom. The van der Waals surface area contributed by atoms with E-state index in [2.05, 4.69) is 16.0 Å². The summed E-state index contributed by atoms with van der Waals surface area (Å²) in [5.41, 5.74) is 0.567. The predicted molar refractivity (Wildman–Crippen MR) is 88.2 cm³/mol. The van der Waals surface area contributed by atoms with Gasteiger partial charge in [0.15, 0.2) is 0 Å². The second-order valence-electron chi connectivity index (χ2n) is 6.12. The number of hydrogen-bond donors (Lipinski definition) is 3. The maximum atomic E-state index is 12.0. The van der Waals surface area contributed by atoms with Crippen molar-refractivity contribution < 1.29 is 19.1 Å². The van der Waals surface area contributed by atoms with Crippen molar-refractivity contribution in [3.05, 3.63) is 24.3 Å². The smallest absolute Gasteiger partial charge is 0.408 e. The summed E-state index contributed by atoms with van der Waals surface area (Å²) in [5, 5.41) is 7.76. The van der Waals surface area contributed by atoms with Gasteiger partial charge in [0.25, 0.3) is 0 Å². The second-order valence-corrected chi connectivity index (χ2v) is 6.12. The van der Waals surface area contributed by atoms with E-state index in [0.29, 0.717) is 11.4 Å². The molecule has 1 aromatic rings. The molecule has 1 aromatic carbocycles. The van der Waals surface area contributed by atoms with E-state index in [4.69, 9.17) is 4.74 Å². The van der Waals surface area contributed by atoms with Crippen LogP contribution in [0.5, 0.6) is 0 Å². The van der Waals surface area contributed by atoms with Crippen LogP contribution in [0.1, 0.15) is 34.6 Å². The number of alkyl carbamates (subject to hydrolysis) is 1. The van der Waals surface area contributed by atoms with Gasteiger partial charge in [0.1, 0.15) is 11.6 Å². The van der Waals surface area contributed by atoms with Gasteiger partial charge in [0, 0.05) is 18.3 Å². The number of nitrogens with one attached hydrogen (secondary N) is 3. The third-order valence-corrected chi connectivity index (χ3v) is 2.60. The first kappa shape index (κ1) is 18.5. The largest absolute Gasteiger partial charge is 0.444 e. The number of benzene rings is 1. The number of hydrogen-bond acceptors (Lipinski definition) is 4. The van der Waals surface area contributed by atoms with Crippen LogP contribution in [0.2, 0.25) is 0 Å². The van der Waals surface area contributed by atoms with Gasteiger partial charge in [-0.1, -0.05) is 0 Å². The lowest BCUT2D eigenvalue weighted by Crippen LogP contribution is -2.43. The third-order valence-electron chi connectivity index (χ3n) is 2.60. The fourth-order valence-electron chi connectivity index (χ4n) is 1.64. The van der Waals surface area contributed by atoms with E-state index < -0.39 is 17.7 Å². The van der Waals surface area contributed by atoms with Gasteiger partial charge in [0.2, 0.25) is 11.8 Å². The minimum atomic E-state index is -0.750. The van der Waals surface area contributed by atoms with Crippen molar-refractivity contribution in [2.75, 3.05) is 10.6 Å². The normalized spacial score (nSPS) is 12.0. The Bertz CT molecular complexity index is 576. The Hall–Kier alpha value is -2.57. The third kappa shape index (κ3) is 7.30. The van der Waals surface area contributed by atoms with Gasteiger partial charge in [-0.15, -0.1) is 0 Å². The van der Waals surface area contributed by atoms with Crippen LogP contribution in [0.3, 0.4) is 0 Å². The topological polar surface area (TPSA) is 96.5 Å². The van der Waals surface area contributed by atoms with Gasteiger partial charge in [-0.25, -0.2) is 4.79 Å². The van der Waals surface area contributed by atoms with Crippen LogP contribution >= 0.6 is 0 Å². The van der Waals surface area contributed by atoms with Gasteiger partial charge < -0.3 is 20.7 Å². The van der Waals surface area contributed by atoms with E-state index >= 15 is 0 Å². The molecule has 0 aliphatic carbocycles. The monoisotopic (exact) mass is 321 g/mol. The summed E-state index contributed by atoms with van der Waals surface area (Å²) in [5.74, 6) is -0.542. The highest BCUT2D eigenvalue weighted by Crippen LogP contribution is 2.14. The first-order valence-corrected chi connectivity index (χ1v) is 7.25. The van der Waals surface area contributed by atoms with Crippen molar-refractivity contribution in [1.82, 2.24) is 5.32 Å². The van der Waals surface area contributed by atoms with Gasteiger partial charge in [-0.3, -0.25) is 9.59 Å². The lowest BCUT2D eigenvalue weighted by atomic mass is 10.2. The molecule has 7 nitrogen and oxygen atoms in total. The fraction of sp³-hybridized carbons (Fsp3) is 0.438. The van der Waals surface area contributed by atoms with Crippen LogP contribution in [0, 0.1) is 0 Å². The number of carbonyl (C=O) groups is 3. The molecule has 0 saturated carbocycles. The van der Waals surface area contributed by atoms with Gasteiger partial charge in [-0.2, -0.15) is 0 Å². The average Bonchev–Trinajstić information content (AvgIpc) is 2.37. The summed E-state index contributed by atoms with van der Waals surface area (Å²) in [6.07, 6.45) is -0.652. The predicted octanol–water partition coefficient (Wildman–Crippen LogP) is 2.50. The molecule has 7 heteroatoms. The molecule has 3 N–H and O–H groups in total. The van der Waals surface area contributed by atoms with Crippen molar-refractivity contribution >= 4 is 29.3 Å². The molecule has 0 saturated heterocycles. The summed E-state index contributed by atoms with van der Waals surface area (Å²) in [6.45, 7) is 8.21. The molecule has 1 atom stereocenters. The second kappa shape index (κ2) is 7.62. The van der Waals surface area contributed by atoms with E-state index in [1.165, 1.54) is 6.92 Å². The molecular formula is C16H23N3O4. The van der Waals surface area contributed by atoms with E-state index in [1.807, 2.05) is 0 Å². The van der Waals surface area contributed by atoms with Crippen LogP contribution in [-0.2, 0) is 14.3 Å². The molecule has 1 rings (SSSR count). The Morgan fingerprint density at radius 3 is 1.91 bits per heavy atom. The highest BCUT2D eigenvalue weighted by atomic mass is 16.6. The van der Waals surface area contributed by atoms with E-state index in [1.54, 1.807) is 52.0 Å². The van der Waals surface area contributed by atoms with Crippen molar-refractivity contribution in [2.45, 2.75) is 46.3 Å². The molecule has 0 aliphatic rings. The molecule has 0 bridgehead atoms. The first-order valence-electron chi connectivity index (χ1n) is 7.25. The summed E-state index contributed by atoms with van der Waals surface area (Å²) < 4.78 is 5.09. The van der Waals surface area contributed by atoms with Crippen molar-refractivity contribution in [3.63, 3.8) is 0 Å². The minimum Gasteiger partial charge on any atom is -0.444 e. The van der Waals surface area contributed by atoms with Gasteiger partial charge >= 0.3 is 6.09 Å². The highest BCUT2D eigenvalue weighted by Gasteiger charge is 2.21. The van der Waals surface area contributed by atoms with Gasteiger partial charge in [-0.05, 0) is 52.0 Å². The number of ether oxygens (including phenoxy) is 1. The molecule has 0 radical (unpaired) electrons. The summed E-state index contributed by atoms with van der Waals surface area (Å²) >= 11 is 0. The number of anilines is 2. The fourth-order valence-corrected chi connectivity index (χ4v) is 1.64. The molecule has 0 spiro atoms. The Morgan fingerprint density at radius 2 is 1.48 bits per heavy atom. The molecule has 126 valence electrons. The zero-order chi connectivity index (χ0) is 17.6. The zero-order valence-corrected chi connectivity index (χ0v) is 14.0. The highest BCUT2D eigenvalue weighted by molar-refractivity contribution is 5.96. The molecule has 23 heavy (non-hydrogen) atoms. The number of rotatable bonds is 4. The van der Waals surface area contributed by atoms with Crippen molar-refractivity contribution in [1.29, 1.82) is 0 Å². The van der Waals surface area contributed by atoms with Gasteiger partial charge in [0.05, 0.1) is 0 Å². The van der Waals surface area contributed by atoms with Crippen molar-refractivity contribution in [2.24, 2.45) is 0 Å². The Balaban J connectivity index is 2.54. The zero-order valence-electron chi connectivity index (χ0n) is 14.0. The Kier molecular flexibility index (Phi) is 6.12. The van der Waals surface area contributed by atoms with E-state index in [0.717, 1.165) is 0 Å². The molecular weight excluding hydrogens is 298 g/mol. The SMILES string of the molecule is CC(=O)Nc1ccc(NC(=O)C(C)NC(=O)OC(C)(C)C)cc1. The van der Waals surface area contributed by atoms with Crippen LogP contribution in [-0.4, -0.2) is 29.6 Å². The lowest BCUT2D eigenvalue weighted by Gasteiger charge is -2.21. The molecule has 0 fully saturated rings. The average molecular weight is 321 g/mol. The molecule has 0 aliphatic heterocycles. The van der Waals surface area contributed by atoms with Crippen LogP contribution in [0.25, 0.3) is 0 Å². The standard InChI is InChI=1S/C16H23N3O4/c1-10(17-15(22)23-16(3,4)5)14(21)19-13-8-6-12(7-9-13)18-11(2)20/h6-10H,1-5H3,(H,17,22)(H,18,20)(H,19,21). The van der Waals surface area contributed by atoms with E-state index in [-0.39, 0.29) is 11.8 Å². The molecule has 0 heterocycles. The van der Waals surface area contributed by atoms with Crippen molar-refractivity contribution in [3.8, 4) is 0 Å². The lowest BCUT2D eigenvalue weighted by molar-refractivity contribution is -0.118. The Labute approximate surface area is 135 Å². The quantitative estimate of drug-likeness (QED) is 0.794. The minimum absolute atomic E-state index is 0.169. The molecule has 1 unspecified atom stereocenters.